The van der Waals surface area contributed by atoms with Crippen LogP contribution in [0.25, 0.3) is 11.2 Å². The maximum Gasteiger partial charge on any atom is 0.215 e. The van der Waals surface area contributed by atoms with Gasteiger partial charge in [0.15, 0.2) is 5.65 Å². The molecule has 0 aliphatic rings. The second-order valence-electron chi connectivity index (χ2n) is 4.23. The molecule has 3 heterocycles. The van der Waals surface area contributed by atoms with Crippen LogP contribution in [-0.2, 0) is 0 Å². The molecule has 0 aromatic carbocycles. The summed E-state index contributed by atoms with van der Waals surface area (Å²) in [6.07, 6.45) is 0. The van der Waals surface area contributed by atoms with Gasteiger partial charge in [-0.15, -0.1) is 11.3 Å². The number of nitrogen functional groups attached to an aromatic ring is 1. The first-order valence-electron chi connectivity index (χ1n) is 5.92. The molecular weight excluding hydrogens is 260 g/mol. The summed E-state index contributed by atoms with van der Waals surface area (Å²) < 4.78 is 7.10. The van der Waals surface area contributed by atoms with E-state index in [-0.39, 0.29) is 6.04 Å². The molecule has 3 rings (SSSR count). The first-order valence-corrected chi connectivity index (χ1v) is 6.80. The van der Waals surface area contributed by atoms with Crippen LogP contribution >= 0.6 is 11.3 Å². The summed E-state index contributed by atoms with van der Waals surface area (Å²) >= 11 is 1.69. The van der Waals surface area contributed by atoms with Crippen molar-refractivity contribution in [3.05, 3.63) is 34.5 Å². The van der Waals surface area contributed by atoms with E-state index in [1.165, 1.54) is 4.88 Å². The van der Waals surface area contributed by atoms with Crippen LogP contribution in [0.2, 0.25) is 0 Å². The standard InChI is InChI=1S/C13H14N4OS/c1-8(10-4-3-7-19-10)17-12-9(15-13(17)14)5-6-11(16-12)18-2/h3-8H,1-2H3,(H2,14,15). The lowest BCUT2D eigenvalue weighted by atomic mass is 10.2. The quantitative estimate of drug-likeness (QED) is 0.797. The Hall–Kier alpha value is -2.08. The SMILES string of the molecule is COc1ccc2nc(N)n(C(C)c3cccs3)c2n1. The van der Waals surface area contributed by atoms with Gasteiger partial charge >= 0.3 is 0 Å². The molecule has 0 bridgehead atoms. The molecule has 0 radical (unpaired) electrons. The summed E-state index contributed by atoms with van der Waals surface area (Å²) in [4.78, 5) is 10.0. The van der Waals surface area contributed by atoms with Gasteiger partial charge < -0.3 is 10.5 Å². The Morgan fingerprint density at radius 2 is 2.16 bits per heavy atom. The minimum Gasteiger partial charge on any atom is -0.481 e. The zero-order chi connectivity index (χ0) is 13.4. The van der Waals surface area contributed by atoms with Gasteiger partial charge in [0, 0.05) is 10.9 Å². The maximum absolute atomic E-state index is 6.03. The average Bonchev–Trinajstić information content (AvgIpc) is 3.03. The van der Waals surface area contributed by atoms with Crippen molar-refractivity contribution in [3.8, 4) is 5.88 Å². The van der Waals surface area contributed by atoms with Crippen LogP contribution in [0.4, 0.5) is 5.95 Å². The highest BCUT2D eigenvalue weighted by Gasteiger charge is 2.17. The summed E-state index contributed by atoms with van der Waals surface area (Å²) in [5, 5.41) is 2.05. The number of fused-ring (bicyclic) bond motifs is 1. The van der Waals surface area contributed by atoms with E-state index in [9.17, 15) is 0 Å². The first-order chi connectivity index (χ1) is 9.20. The number of rotatable bonds is 3. The minimum absolute atomic E-state index is 0.101. The van der Waals surface area contributed by atoms with E-state index in [0.717, 1.165) is 11.2 Å². The predicted octanol–water partition coefficient (Wildman–Crippen LogP) is 2.69. The van der Waals surface area contributed by atoms with Crippen molar-refractivity contribution in [1.82, 2.24) is 14.5 Å². The number of nitrogens with two attached hydrogens (primary N) is 1. The van der Waals surface area contributed by atoms with Crippen molar-refractivity contribution in [2.45, 2.75) is 13.0 Å². The molecule has 1 unspecified atom stereocenters. The molecule has 0 amide bonds. The lowest BCUT2D eigenvalue weighted by molar-refractivity contribution is 0.399. The normalized spacial score (nSPS) is 12.7. The Morgan fingerprint density at radius 3 is 2.84 bits per heavy atom. The number of hydrogen-bond donors (Lipinski definition) is 1. The molecule has 3 aromatic heterocycles. The number of nitrogens with zero attached hydrogens (tertiary/aromatic N) is 3. The van der Waals surface area contributed by atoms with Crippen molar-refractivity contribution in [2.75, 3.05) is 12.8 Å². The van der Waals surface area contributed by atoms with E-state index >= 15 is 0 Å². The fraction of sp³-hybridized carbons (Fsp3) is 0.231. The van der Waals surface area contributed by atoms with Gasteiger partial charge in [-0.05, 0) is 24.4 Å². The van der Waals surface area contributed by atoms with E-state index in [1.807, 2.05) is 16.7 Å². The van der Waals surface area contributed by atoms with E-state index in [0.29, 0.717) is 11.8 Å². The van der Waals surface area contributed by atoms with Gasteiger partial charge in [0.1, 0.15) is 5.52 Å². The van der Waals surface area contributed by atoms with E-state index in [2.05, 4.69) is 28.3 Å². The second kappa shape index (κ2) is 4.55. The summed E-state index contributed by atoms with van der Waals surface area (Å²) in [7, 11) is 1.60. The summed E-state index contributed by atoms with van der Waals surface area (Å²) in [6.45, 7) is 2.09. The van der Waals surface area contributed by atoms with E-state index in [1.54, 1.807) is 24.5 Å². The molecule has 98 valence electrons. The monoisotopic (exact) mass is 274 g/mol. The predicted molar refractivity (Wildman–Crippen MR) is 76.6 cm³/mol. The van der Waals surface area contributed by atoms with Crippen LogP contribution < -0.4 is 10.5 Å². The number of hydrogen-bond acceptors (Lipinski definition) is 5. The van der Waals surface area contributed by atoms with Crippen molar-refractivity contribution in [2.24, 2.45) is 0 Å². The Morgan fingerprint density at radius 1 is 1.32 bits per heavy atom. The number of methoxy groups -OCH3 is 1. The highest BCUT2D eigenvalue weighted by molar-refractivity contribution is 7.10. The highest BCUT2D eigenvalue weighted by Crippen LogP contribution is 2.29. The molecule has 0 saturated carbocycles. The molecular formula is C13H14N4OS. The molecule has 3 aromatic rings. The molecule has 1 atom stereocenters. The molecule has 0 saturated heterocycles. The lowest BCUT2D eigenvalue weighted by Crippen LogP contribution is -2.09. The Kier molecular flexibility index (Phi) is 2.87. The highest BCUT2D eigenvalue weighted by atomic mass is 32.1. The first kappa shape index (κ1) is 12.0. The third-order valence-corrected chi connectivity index (χ3v) is 4.13. The average molecular weight is 274 g/mol. The number of ether oxygens (including phenoxy) is 1. The molecule has 2 N–H and O–H groups in total. The van der Waals surface area contributed by atoms with Gasteiger partial charge in [-0.25, -0.2) is 4.98 Å². The summed E-state index contributed by atoms with van der Waals surface area (Å²) in [6, 6.07) is 7.87. The second-order valence-corrected chi connectivity index (χ2v) is 5.21. The molecule has 5 nitrogen and oxygen atoms in total. The third-order valence-electron chi connectivity index (χ3n) is 3.09. The van der Waals surface area contributed by atoms with Gasteiger partial charge in [-0.3, -0.25) is 4.57 Å². The summed E-state index contributed by atoms with van der Waals surface area (Å²) in [5.41, 5.74) is 7.55. The number of imidazole rings is 1. The van der Waals surface area contributed by atoms with Crippen molar-refractivity contribution < 1.29 is 4.74 Å². The zero-order valence-electron chi connectivity index (χ0n) is 10.7. The molecule has 19 heavy (non-hydrogen) atoms. The number of pyridine rings is 1. The van der Waals surface area contributed by atoms with Gasteiger partial charge in [-0.2, -0.15) is 4.98 Å². The topological polar surface area (TPSA) is 66.0 Å². The Labute approximate surface area is 114 Å². The molecule has 0 fully saturated rings. The van der Waals surface area contributed by atoms with Crippen molar-refractivity contribution in [1.29, 1.82) is 0 Å². The third kappa shape index (κ3) is 1.94. The van der Waals surface area contributed by atoms with Gasteiger partial charge in [0.25, 0.3) is 0 Å². The van der Waals surface area contributed by atoms with E-state index < -0.39 is 0 Å². The Balaban J connectivity index is 2.19. The largest absolute Gasteiger partial charge is 0.481 e. The molecule has 0 aliphatic carbocycles. The molecule has 6 heteroatoms. The van der Waals surface area contributed by atoms with E-state index in [4.69, 9.17) is 10.5 Å². The zero-order valence-corrected chi connectivity index (χ0v) is 11.5. The number of thiophene rings is 1. The lowest BCUT2D eigenvalue weighted by Gasteiger charge is -2.13. The van der Waals surface area contributed by atoms with Gasteiger partial charge in [0.05, 0.1) is 13.2 Å². The van der Waals surface area contributed by atoms with Crippen LogP contribution in [0.5, 0.6) is 5.88 Å². The number of aromatic nitrogens is 3. The molecule has 0 spiro atoms. The summed E-state index contributed by atoms with van der Waals surface area (Å²) in [5.74, 6) is 1.03. The van der Waals surface area contributed by atoms with Crippen LogP contribution in [-0.4, -0.2) is 21.6 Å². The fourth-order valence-corrected chi connectivity index (χ4v) is 2.90. The molecule has 0 aliphatic heterocycles. The maximum atomic E-state index is 6.03. The van der Waals surface area contributed by atoms with Crippen LogP contribution in [0.15, 0.2) is 29.6 Å². The van der Waals surface area contributed by atoms with Crippen LogP contribution in [0.3, 0.4) is 0 Å². The van der Waals surface area contributed by atoms with Crippen LogP contribution in [0.1, 0.15) is 17.8 Å². The van der Waals surface area contributed by atoms with Crippen molar-refractivity contribution in [3.63, 3.8) is 0 Å². The minimum atomic E-state index is 0.101. The van der Waals surface area contributed by atoms with Gasteiger partial charge in [0.2, 0.25) is 11.8 Å². The van der Waals surface area contributed by atoms with Crippen molar-refractivity contribution >= 4 is 28.4 Å². The smallest absolute Gasteiger partial charge is 0.215 e. The van der Waals surface area contributed by atoms with Crippen LogP contribution in [0, 0.1) is 0 Å². The number of anilines is 1. The Bertz CT molecular complexity index is 705. The fourth-order valence-electron chi connectivity index (χ4n) is 2.13. The van der Waals surface area contributed by atoms with Gasteiger partial charge in [-0.1, -0.05) is 6.07 Å².